The van der Waals surface area contributed by atoms with Gasteiger partial charge in [-0.15, -0.1) is 0 Å². The highest BCUT2D eigenvalue weighted by atomic mass is 32.2. The molecule has 1 aromatic carbocycles. The van der Waals surface area contributed by atoms with Crippen LogP contribution in [0.15, 0.2) is 42.6 Å². The van der Waals surface area contributed by atoms with Crippen molar-refractivity contribution in [2.45, 2.75) is 25.6 Å². The largest absolute Gasteiger partial charge is 0.473 e. The quantitative estimate of drug-likeness (QED) is 0.784. The van der Waals surface area contributed by atoms with E-state index in [0.717, 1.165) is 29.2 Å². The number of rotatable bonds is 6. The zero-order valence-electron chi connectivity index (χ0n) is 16.2. The number of aryl methyl sites for hydroxylation is 1. The number of benzene rings is 1. The van der Waals surface area contributed by atoms with Gasteiger partial charge in [-0.05, 0) is 37.3 Å². The van der Waals surface area contributed by atoms with Crippen LogP contribution in [0.5, 0.6) is 5.88 Å². The van der Waals surface area contributed by atoms with Gasteiger partial charge in [-0.2, -0.15) is 11.8 Å². The molecular weight excluding hydrogens is 390 g/mol. The summed E-state index contributed by atoms with van der Waals surface area (Å²) < 4.78 is 11.2. The second-order valence-corrected chi connectivity index (χ2v) is 8.30. The SMILES string of the molecule is Cc1ccc(N2CC(CNC(=O)c3ccc(OC4CCSC4)nc3)OC2=O)cc1. The first-order valence-electron chi connectivity index (χ1n) is 9.62. The average molecular weight is 413 g/mol. The number of pyridine rings is 1. The number of nitrogens with zero attached hydrogens (tertiary/aromatic N) is 2. The van der Waals surface area contributed by atoms with Gasteiger partial charge in [0.05, 0.1) is 18.7 Å². The number of anilines is 1. The monoisotopic (exact) mass is 413 g/mol. The molecule has 2 fully saturated rings. The molecule has 0 saturated carbocycles. The molecule has 1 N–H and O–H groups in total. The molecular formula is C21H23N3O4S. The van der Waals surface area contributed by atoms with E-state index in [1.165, 1.54) is 6.20 Å². The van der Waals surface area contributed by atoms with Gasteiger partial charge >= 0.3 is 6.09 Å². The third-order valence-electron chi connectivity index (χ3n) is 4.88. The lowest BCUT2D eigenvalue weighted by atomic mass is 10.2. The maximum absolute atomic E-state index is 12.4. The second kappa shape index (κ2) is 8.73. The summed E-state index contributed by atoms with van der Waals surface area (Å²) in [5.41, 5.74) is 2.35. The third kappa shape index (κ3) is 4.82. The fraction of sp³-hybridized carbons (Fsp3) is 0.381. The minimum atomic E-state index is -0.402. The van der Waals surface area contributed by atoms with E-state index in [0.29, 0.717) is 18.0 Å². The molecule has 3 heterocycles. The summed E-state index contributed by atoms with van der Waals surface area (Å²) >= 11 is 1.87. The van der Waals surface area contributed by atoms with Gasteiger partial charge in [0, 0.05) is 23.7 Å². The molecule has 0 spiro atoms. The number of nitrogens with one attached hydrogen (secondary N) is 1. The third-order valence-corrected chi connectivity index (χ3v) is 6.02. The first kappa shape index (κ1) is 19.6. The van der Waals surface area contributed by atoms with Gasteiger partial charge in [-0.1, -0.05) is 17.7 Å². The van der Waals surface area contributed by atoms with Crippen LogP contribution in [0, 0.1) is 6.92 Å². The van der Waals surface area contributed by atoms with E-state index in [1.54, 1.807) is 17.0 Å². The Hall–Kier alpha value is -2.74. The van der Waals surface area contributed by atoms with Crippen LogP contribution in [-0.2, 0) is 4.74 Å². The molecule has 2 unspecified atom stereocenters. The number of cyclic esters (lactones) is 1. The van der Waals surface area contributed by atoms with E-state index < -0.39 is 12.2 Å². The first-order valence-corrected chi connectivity index (χ1v) is 10.8. The van der Waals surface area contributed by atoms with Crippen molar-refractivity contribution >= 4 is 29.4 Å². The van der Waals surface area contributed by atoms with Crippen LogP contribution in [0.1, 0.15) is 22.3 Å². The average Bonchev–Trinajstić information content (AvgIpc) is 3.37. The van der Waals surface area contributed by atoms with Crippen molar-refractivity contribution in [2.24, 2.45) is 0 Å². The Bertz CT molecular complexity index is 866. The van der Waals surface area contributed by atoms with Crippen LogP contribution in [0.4, 0.5) is 10.5 Å². The number of hydrogen-bond acceptors (Lipinski definition) is 6. The Morgan fingerprint density at radius 3 is 2.83 bits per heavy atom. The van der Waals surface area contributed by atoms with Crippen molar-refractivity contribution in [2.75, 3.05) is 29.5 Å². The molecule has 2 saturated heterocycles. The maximum atomic E-state index is 12.4. The standard InChI is InChI=1S/C21H23N3O4S/c1-14-2-5-16(6-3-14)24-12-18(28-21(24)26)11-23-20(25)15-4-7-19(22-10-15)27-17-8-9-29-13-17/h2-7,10,17-18H,8-9,11-13H2,1H3,(H,23,25). The molecule has 2 aromatic rings. The molecule has 4 rings (SSSR count). The van der Waals surface area contributed by atoms with E-state index in [-0.39, 0.29) is 18.6 Å². The molecule has 29 heavy (non-hydrogen) atoms. The zero-order chi connectivity index (χ0) is 20.2. The lowest BCUT2D eigenvalue weighted by Gasteiger charge is -2.13. The zero-order valence-corrected chi connectivity index (χ0v) is 17.0. The summed E-state index contributed by atoms with van der Waals surface area (Å²) in [6.07, 6.45) is 1.92. The number of carbonyl (C=O) groups is 2. The molecule has 2 aliphatic heterocycles. The van der Waals surface area contributed by atoms with Crippen molar-refractivity contribution in [1.29, 1.82) is 0 Å². The lowest BCUT2D eigenvalue weighted by molar-refractivity contribution is 0.0915. The van der Waals surface area contributed by atoms with Gasteiger partial charge < -0.3 is 14.8 Å². The summed E-state index contributed by atoms with van der Waals surface area (Å²) in [7, 11) is 0. The molecule has 8 heteroatoms. The molecule has 2 amide bonds. The molecule has 152 valence electrons. The molecule has 2 aliphatic rings. The van der Waals surface area contributed by atoms with Gasteiger partial charge in [-0.25, -0.2) is 9.78 Å². The first-order chi connectivity index (χ1) is 14.1. The Labute approximate surface area is 173 Å². The van der Waals surface area contributed by atoms with E-state index in [9.17, 15) is 9.59 Å². The highest BCUT2D eigenvalue weighted by molar-refractivity contribution is 7.99. The summed E-state index contributed by atoms with van der Waals surface area (Å²) in [6, 6.07) is 11.1. The molecule has 0 radical (unpaired) electrons. The van der Waals surface area contributed by atoms with Gasteiger partial charge in [-0.3, -0.25) is 9.69 Å². The lowest BCUT2D eigenvalue weighted by Crippen LogP contribution is -2.34. The van der Waals surface area contributed by atoms with E-state index in [2.05, 4.69) is 10.3 Å². The van der Waals surface area contributed by atoms with Gasteiger partial charge in [0.2, 0.25) is 5.88 Å². The fourth-order valence-electron chi connectivity index (χ4n) is 3.23. The smallest absolute Gasteiger partial charge is 0.414 e. The molecule has 2 atom stereocenters. The van der Waals surface area contributed by atoms with E-state index in [1.807, 2.05) is 43.0 Å². The van der Waals surface area contributed by atoms with E-state index in [4.69, 9.17) is 9.47 Å². The Morgan fingerprint density at radius 1 is 1.31 bits per heavy atom. The highest BCUT2D eigenvalue weighted by Gasteiger charge is 2.32. The van der Waals surface area contributed by atoms with Crippen molar-refractivity contribution < 1.29 is 19.1 Å². The van der Waals surface area contributed by atoms with Gasteiger partial charge in [0.25, 0.3) is 5.91 Å². The summed E-state index contributed by atoms with van der Waals surface area (Å²) in [5, 5.41) is 2.81. The highest BCUT2D eigenvalue weighted by Crippen LogP contribution is 2.23. The van der Waals surface area contributed by atoms with Crippen molar-refractivity contribution in [3.63, 3.8) is 0 Å². The molecule has 0 aliphatic carbocycles. The Balaban J connectivity index is 1.28. The number of thioether (sulfide) groups is 1. The van der Waals surface area contributed by atoms with Crippen LogP contribution < -0.4 is 15.0 Å². The maximum Gasteiger partial charge on any atom is 0.414 e. The Morgan fingerprint density at radius 2 is 2.14 bits per heavy atom. The summed E-state index contributed by atoms with van der Waals surface area (Å²) in [4.78, 5) is 30.3. The minimum Gasteiger partial charge on any atom is -0.473 e. The molecule has 0 bridgehead atoms. The Kier molecular flexibility index (Phi) is 5.89. The van der Waals surface area contributed by atoms with Crippen LogP contribution in [0.3, 0.4) is 0 Å². The van der Waals surface area contributed by atoms with Crippen molar-refractivity contribution in [3.8, 4) is 5.88 Å². The predicted molar refractivity (Wildman–Crippen MR) is 112 cm³/mol. The number of ether oxygens (including phenoxy) is 2. The topological polar surface area (TPSA) is 80.8 Å². The van der Waals surface area contributed by atoms with Crippen molar-refractivity contribution in [3.05, 3.63) is 53.7 Å². The number of aromatic nitrogens is 1. The van der Waals surface area contributed by atoms with Gasteiger partial charge in [0.1, 0.15) is 12.2 Å². The minimum absolute atomic E-state index is 0.195. The normalized spacial score (nSPS) is 21.1. The van der Waals surface area contributed by atoms with Crippen LogP contribution >= 0.6 is 11.8 Å². The van der Waals surface area contributed by atoms with Crippen LogP contribution in [0.25, 0.3) is 0 Å². The number of hydrogen-bond donors (Lipinski definition) is 1. The summed E-state index contributed by atoms with van der Waals surface area (Å²) in [5.74, 6) is 2.36. The van der Waals surface area contributed by atoms with E-state index >= 15 is 0 Å². The predicted octanol–water partition coefficient (Wildman–Crippen LogP) is 3.03. The second-order valence-electron chi connectivity index (χ2n) is 7.15. The molecule has 1 aromatic heterocycles. The number of amides is 2. The van der Waals surface area contributed by atoms with Crippen LogP contribution in [0.2, 0.25) is 0 Å². The van der Waals surface area contributed by atoms with Crippen molar-refractivity contribution in [1.82, 2.24) is 10.3 Å². The number of carbonyl (C=O) groups excluding carboxylic acids is 2. The molecule has 7 nitrogen and oxygen atoms in total. The summed E-state index contributed by atoms with van der Waals surface area (Å²) in [6.45, 7) is 2.63. The fourth-order valence-corrected chi connectivity index (χ4v) is 4.33. The van der Waals surface area contributed by atoms with Crippen LogP contribution in [-0.4, -0.2) is 53.8 Å². The van der Waals surface area contributed by atoms with Gasteiger partial charge in [0.15, 0.2) is 0 Å².